The smallest absolute Gasteiger partial charge is 0.258 e. The maximum atomic E-state index is 13.4. The summed E-state index contributed by atoms with van der Waals surface area (Å²) in [6.07, 6.45) is 2.64. The largest absolute Gasteiger partial charge is 0.326 e. The highest BCUT2D eigenvalue weighted by molar-refractivity contribution is 6.06. The molecule has 0 unspecified atom stereocenters. The van der Waals surface area contributed by atoms with Gasteiger partial charge in [0.15, 0.2) is 0 Å². The summed E-state index contributed by atoms with van der Waals surface area (Å²) in [6, 6.07) is 13.9. The highest BCUT2D eigenvalue weighted by atomic mass is 16.2. The molecule has 2 N–H and O–H groups in total. The average Bonchev–Trinajstić information content (AvgIpc) is 2.90. The molecule has 0 bridgehead atoms. The lowest BCUT2D eigenvalue weighted by molar-refractivity contribution is 0.0985. The lowest BCUT2D eigenvalue weighted by Crippen LogP contribution is -2.30. The Hall–Kier alpha value is -2.92. The van der Waals surface area contributed by atoms with E-state index in [0.29, 0.717) is 18.7 Å². The van der Waals surface area contributed by atoms with E-state index in [1.807, 2.05) is 66.1 Å². The number of aryl methyl sites for hydroxylation is 2. The van der Waals surface area contributed by atoms with Gasteiger partial charge in [-0.3, -0.25) is 9.48 Å². The summed E-state index contributed by atoms with van der Waals surface area (Å²) in [5, 5.41) is 4.38. The third-order valence-corrected chi connectivity index (χ3v) is 5.17. The summed E-state index contributed by atoms with van der Waals surface area (Å²) in [7, 11) is 1.95. The van der Waals surface area contributed by atoms with E-state index in [0.717, 1.165) is 40.1 Å². The minimum Gasteiger partial charge on any atom is -0.326 e. The van der Waals surface area contributed by atoms with E-state index >= 15 is 0 Å². The van der Waals surface area contributed by atoms with Crippen molar-refractivity contribution in [3.63, 3.8) is 0 Å². The van der Waals surface area contributed by atoms with Crippen LogP contribution in [-0.2, 0) is 26.6 Å². The Balaban J connectivity index is 1.79. The SMILES string of the molecule is Cc1cc(C(=O)N2Cc3cnn(C)c3Cc3ccccc32)ccc1CN. The van der Waals surface area contributed by atoms with Crippen LogP contribution in [0.1, 0.15) is 38.3 Å². The maximum absolute atomic E-state index is 13.4. The first-order valence-corrected chi connectivity index (χ1v) is 8.77. The van der Waals surface area contributed by atoms with Crippen molar-refractivity contribution in [3.8, 4) is 0 Å². The number of para-hydroxylation sites is 1. The number of nitrogens with two attached hydrogens (primary N) is 1. The number of rotatable bonds is 2. The Morgan fingerprint density at radius 3 is 2.77 bits per heavy atom. The van der Waals surface area contributed by atoms with Crippen molar-refractivity contribution in [3.05, 3.63) is 82.2 Å². The number of carbonyl (C=O) groups is 1. The van der Waals surface area contributed by atoms with Gasteiger partial charge in [-0.25, -0.2) is 0 Å². The Kier molecular flexibility index (Phi) is 4.09. The van der Waals surface area contributed by atoms with Crippen LogP contribution in [0.3, 0.4) is 0 Å². The Labute approximate surface area is 153 Å². The molecule has 0 saturated carbocycles. The van der Waals surface area contributed by atoms with Crippen molar-refractivity contribution in [1.82, 2.24) is 9.78 Å². The minimum absolute atomic E-state index is 0.000763. The quantitative estimate of drug-likeness (QED) is 0.776. The van der Waals surface area contributed by atoms with Crippen LogP contribution in [-0.4, -0.2) is 15.7 Å². The fourth-order valence-electron chi connectivity index (χ4n) is 3.62. The van der Waals surface area contributed by atoms with E-state index in [4.69, 9.17) is 5.73 Å². The molecule has 5 heteroatoms. The summed E-state index contributed by atoms with van der Waals surface area (Å²) in [5.74, 6) is 0.000763. The second kappa shape index (κ2) is 6.42. The topological polar surface area (TPSA) is 64.2 Å². The Morgan fingerprint density at radius 2 is 2.00 bits per heavy atom. The van der Waals surface area contributed by atoms with Gasteiger partial charge in [0.05, 0.1) is 12.7 Å². The monoisotopic (exact) mass is 346 g/mol. The van der Waals surface area contributed by atoms with E-state index in [-0.39, 0.29) is 5.91 Å². The number of aromatic nitrogens is 2. The number of anilines is 1. The van der Waals surface area contributed by atoms with E-state index < -0.39 is 0 Å². The number of benzene rings is 2. The molecule has 3 aromatic rings. The summed E-state index contributed by atoms with van der Waals surface area (Å²) < 4.78 is 1.90. The average molecular weight is 346 g/mol. The number of amides is 1. The van der Waals surface area contributed by atoms with Gasteiger partial charge in [0, 0.05) is 42.5 Å². The van der Waals surface area contributed by atoms with Crippen molar-refractivity contribution in [2.45, 2.75) is 26.4 Å². The molecule has 0 fully saturated rings. The van der Waals surface area contributed by atoms with Gasteiger partial charge < -0.3 is 10.6 Å². The molecule has 1 aliphatic rings. The van der Waals surface area contributed by atoms with Gasteiger partial charge in [-0.15, -0.1) is 0 Å². The lowest BCUT2D eigenvalue weighted by atomic mass is 10.0. The summed E-state index contributed by atoms with van der Waals surface area (Å²) >= 11 is 0. The first kappa shape index (κ1) is 16.5. The van der Waals surface area contributed by atoms with Gasteiger partial charge in [-0.1, -0.05) is 24.3 Å². The van der Waals surface area contributed by atoms with Crippen molar-refractivity contribution in [1.29, 1.82) is 0 Å². The highest BCUT2D eigenvalue weighted by Crippen LogP contribution is 2.31. The summed E-state index contributed by atoms with van der Waals surface area (Å²) in [6.45, 7) is 3.00. The van der Waals surface area contributed by atoms with Crippen LogP contribution in [0, 0.1) is 6.92 Å². The Bertz CT molecular complexity index is 989. The summed E-state index contributed by atoms with van der Waals surface area (Å²) in [4.78, 5) is 15.2. The molecule has 5 nitrogen and oxygen atoms in total. The molecule has 132 valence electrons. The van der Waals surface area contributed by atoms with Crippen LogP contribution in [0.15, 0.2) is 48.7 Å². The number of nitrogens with zero attached hydrogens (tertiary/aromatic N) is 3. The number of fused-ring (bicyclic) bond motifs is 2. The van der Waals surface area contributed by atoms with E-state index in [2.05, 4.69) is 11.2 Å². The second-order valence-corrected chi connectivity index (χ2v) is 6.78. The standard InChI is InChI=1S/C21H22N4O/c1-14-9-16(7-8-17(14)11-22)21(26)25-13-18-12-23-24(2)20(18)10-15-5-3-4-6-19(15)25/h3-9,12H,10-11,13,22H2,1-2H3. The zero-order valence-electron chi connectivity index (χ0n) is 15.1. The third-order valence-electron chi connectivity index (χ3n) is 5.17. The lowest BCUT2D eigenvalue weighted by Gasteiger charge is -2.23. The molecule has 4 rings (SSSR count). The van der Waals surface area contributed by atoms with E-state index in [9.17, 15) is 4.79 Å². The normalized spacial score (nSPS) is 13.1. The van der Waals surface area contributed by atoms with Crippen LogP contribution in [0.25, 0.3) is 0 Å². The third kappa shape index (κ3) is 2.70. The maximum Gasteiger partial charge on any atom is 0.258 e. The molecule has 2 aromatic carbocycles. The van der Waals surface area contributed by atoms with Crippen molar-refractivity contribution in [2.75, 3.05) is 4.90 Å². The fourth-order valence-corrected chi connectivity index (χ4v) is 3.62. The van der Waals surface area contributed by atoms with Crippen LogP contribution in [0.4, 0.5) is 5.69 Å². The molecular weight excluding hydrogens is 324 g/mol. The Morgan fingerprint density at radius 1 is 1.19 bits per heavy atom. The van der Waals surface area contributed by atoms with Gasteiger partial charge in [0.1, 0.15) is 0 Å². The molecule has 1 aliphatic heterocycles. The number of hydrogen-bond acceptors (Lipinski definition) is 3. The van der Waals surface area contributed by atoms with Gasteiger partial charge in [-0.2, -0.15) is 5.10 Å². The minimum atomic E-state index is 0.000763. The molecule has 1 amide bonds. The van der Waals surface area contributed by atoms with Crippen LogP contribution < -0.4 is 10.6 Å². The number of hydrogen-bond donors (Lipinski definition) is 1. The van der Waals surface area contributed by atoms with Crippen LogP contribution >= 0.6 is 0 Å². The predicted molar refractivity (Wildman–Crippen MR) is 102 cm³/mol. The van der Waals surface area contributed by atoms with Crippen molar-refractivity contribution >= 4 is 11.6 Å². The fraction of sp³-hybridized carbons (Fsp3) is 0.238. The van der Waals surface area contributed by atoms with E-state index in [1.165, 1.54) is 0 Å². The predicted octanol–water partition coefficient (Wildman–Crippen LogP) is 2.94. The summed E-state index contributed by atoms with van der Waals surface area (Å²) in [5.41, 5.74) is 12.9. The zero-order chi connectivity index (χ0) is 18.3. The van der Waals surface area contributed by atoms with Gasteiger partial charge in [-0.05, 0) is 41.8 Å². The van der Waals surface area contributed by atoms with Crippen LogP contribution in [0.5, 0.6) is 0 Å². The molecule has 0 saturated heterocycles. The molecule has 1 aromatic heterocycles. The molecular formula is C21H22N4O. The van der Waals surface area contributed by atoms with Crippen LogP contribution in [0.2, 0.25) is 0 Å². The van der Waals surface area contributed by atoms with Crippen molar-refractivity contribution < 1.29 is 4.79 Å². The zero-order valence-corrected chi connectivity index (χ0v) is 15.1. The van der Waals surface area contributed by atoms with Gasteiger partial charge >= 0.3 is 0 Å². The highest BCUT2D eigenvalue weighted by Gasteiger charge is 2.26. The molecule has 0 aliphatic carbocycles. The second-order valence-electron chi connectivity index (χ2n) is 6.78. The molecule has 0 radical (unpaired) electrons. The van der Waals surface area contributed by atoms with Gasteiger partial charge in [0.25, 0.3) is 5.91 Å². The molecule has 26 heavy (non-hydrogen) atoms. The molecule has 0 spiro atoms. The first-order valence-electron chi connectivity index (χ1n) is 8.77. The molecule has 0 atom stereocenters. The van der Waals surface area contributed by atoms with E-state index in [1.54, 1.807) is 0 Å². The first-order chi connectivity index (χ1) is 12.6. The number of carbonyl (C=O) groups excluding carboxylic acids is 1. The van der Waals surface area contributed by atoms with Gasteiger partial charge in [0.2, 0.25) is 0 Å². The van der Waals surface area contributed by atoms with Crippen molar-refractivity contribution in [2.24, 2.45) is 12.8 Å². The molecule has 2 heterocycles.